The molecule has 1 aromatic rings. The molecule has 128 valence electrons. The Morgan fingerprint density at radius 2 is 1.64 bits per heavy atom. The fourth-order valence-corrected chi connectivity index (χ4v) is 2.34. The number of rotatable bonds is 2. The quantitative estimate of drug-likeness (QED) is 0.787. The van der Waals surface area contributed by atoms with E-state index in [1.165, 1.54) is 0 Å². The topological polar surface area (TPSA) is 35.5 Å². The van der Waals surface area contributed by atoms with Crippen LogP contribution in [0.2, 0.25) is 0 Å². The van der Waals surface area contributed by atoms with Gasteiger partial charge in [-0.05, 0) is 0 Å². The van der Waals surface area contributed by atoms with E-state index in [-0.39, 0.29) is 37.9 Å². The molecular formula is C12H15Cl2F5N2O. The van der Waals surface area contributed by atoms with Crippen molar-refractivity contribution >= 4 is 24.8 Å². The summed E-state index contributed by atoms with van der Waals surface area (Å²) in [5, 5.41) is 12.4. The lowest BCUT2D eigenvalue weighted by atomic mass is 10.0. The van der Waals surface area contributed by atoms with E-state index in [1.807, 2.05) is 0 Å². The minimum atomic E-state index is -4.77. The van der Waals surface area contributed by atoms with Crippen LogP contribution in [0.15, 0.2) is 12.1 Å². The number of hydrogen-bond donors (Lipinski definition) is 2. The molecule has 1 aliphatic rings. The number of alkyl halides is 3. The minimum absolute atomic E-state index is 0. The highest BCUT2D eigenvalue weighted by molar-refractivity contribution is 5.85. The Morgan fingerprint density at radius 3 is 2.09 bits per heavy atom. The number of nitrogens with zero attached hydrogens (tertiary/aromatic N) is 1. The number of nitrogens with one attached hydrogen (secondary N) is 1. The van der Waals surface area contributed by atoms with Crippen LogP contribution in [-0.2, 0) is 0 Å². The molecule has 0 radical (unpaired) electrons. The molecule has 2 N–H and O–H groups in total. The summed E-state index contributed by atoms with van der Waals surface area (Å²) >= 11 is 0. The van der Waals surface area contributed by atoms with Gasteiger partial charge < -0.3 is 10.4 Å². The minimum Gasteiger partial charge on any atom is -0.507 e. The Kier molecular flexibility index (Phi) is 7.84. The zero-order valence-corrected chi connectivity index (χ0v) is 12.8. The van der Waals surface area contributed by atoms with Crippen molar-refractivity contribution < 1.29 is 27.1 Å². The van der Waals surface area contributed by atoms with Gasteiger partial charge in [-0.2, -0.15) is 13.2 Å². The van der Waals surface area contributed by atoms with Crippen molar-refractivity contribution in [3.05, 3.63) is 29.3 Å². The first-order chi connectivity index (χ1) is 9.30. The molecule has 22 heavy (non-hydrogen) atoms. The first kappa shape index (κ1) is 21.2. The van der Waals surface area contributed by atoms with Gasteiger partial charge in [-0.3, -0.25) is 4.90 Å². The summed E-state index contributed by atoms with van der Waals surface area (Å²) in [7, 11) is 0. The van der Waals surface area contributed by atoms with E-state index in [2.05, 4.69) is 5.32 Å². The van der Waals surface area contributed by atoms with E-state index >= 15 is 0 Å². The SMILES string of the molecule is Cl.Cl.Oc1cc(F)cc(F)c1[C@@H](N1CCNCC1)C(F)(F)F. The maximum Gasteiger partial charge on any atom is 0.408 e. The van der Waals surface area contributed by atoms with Gasteiger partial charge >= 0.3 is 6.18 Å². The van der Waals surface area contributed by atoms with E-state index in [9.17, 15) is 27.1 Å². The van der Waals surface area contributed by atoms with Gasteiger partial charge in [0.1, 0.15) is 23.4 Å². The lowest BCUT2D eigenvalue weighted by Gasteiger charge is -2.36. The molecule has 1 saturated heterocycles. The van der Waals surface area contributed by atoms with Gasteiger partial charge in [0.2, 0.25) is 0 Å². The van der Waals surface area contributed by atoms with Crippen LogP contribution in [0.1, 0.15) is 11.6 Å². The number of aromatic hydroxyl groups is 1. The molecule has 0 aliphatic carbocycles. The zero-order valence-electron chi connectivity index (χ0n) is 11.2. The number of phenolic OH excluding ortho intramolecular Hbond substituents is 1. The zero-order chi connectivity index (χ0) is 14.9. The van der Waals surface area contributed by atoms with E-state index < -0.39 is 35.2 Å². The lowest BCUT2D eigenvalue weighted by molar-refractivity contribution is -0.189. The Labute approximate surface area is 136 Å². The van der Waals surface area contributed by atoms with Crippen LogP contribution in [0.25, 0.3) is 0 Å². The molecule has 0 bridgehead atoms. The maximum atomic E-state index is 13.7. The summed E-state index contributed by atoms with van der Waals surface area (Å²) in [6.45, 7) is 0.771. The van der Waals surface area contributed by atoms with Crippen LogP contribution in [0.4, 0.5) is 22.0 Å². The molecule has 0 aromatic heterocycles. The Morgan fingerprint density at radius 1 is 1.09 bits per heavy atom. The summed E-state index contributed by atoms with van der Waals surface area (Å²) in [4.78, 5) is 1.02. The van der Waals surface area contributed by atoms with Crippen molar-refractivity contribution in [2.75, 3.05) is 26.2 Å². The molecule has 0 spiro atoms. The van der Waals surface area contributed by atoms with Crippen molar-refractivity contribution in [2.45, 2.75) is 12.2 Å². The summed E-state index contributed by atoms with van der Waals surface area (Å²) < 4.78 is 66.3. The number of benzene rings is 1. The lowest BCUT2D eigenvalue weighted by Crippen LogP contribution is -2.49. The van der Waals surface area contributed by atoms with Crippen LogP contribution in [0.5, 0.6) is 5.75 Å². The van der Waals surface area contributed by atoms with Gasteiger partial charge in [0.05, 0.1) is 5.56 Å². The molecule has 1 atom stereocenters. The van der Waals surface area contributed by atoms with Gasteiger partial charge in [-0.1, -0.05) is 0 Å². The predicted molar refractivity (Wildman–Crippen MR) is 75.8 cm³/mol. The summed E-state index contributed by atoms with van der Waals surface area (Å²) in [6.07, 6.45) is -4.77. The summed E-state index contributed by atoms with van der Waals surface area (Å²) in [6, 6.07) is -1.46. The van der Waals surface area contributed by atoms with Crippen LogP contribution < -0.4 is 5.32 Å². The molecule has 0 amide bonds. The molecule has 2 rings (SSSR count). The highest BCUT2D eigenvalue weighted by Crippen LogP contribution is 2.42. The molecule has 10 heteroatoms. The van der Waals surface area contributed by atoms with Crippen molar-refractivity contribution in [2.24, 2.45) is 0 Å². The number of halogens is 7. The van der Waals surface area contributed by atoms with Crippen LogP contribution >= 0.6 is 24.8 Å². The fourth-order valence-electron chi connectivity index (χ4n) is 2.34. The molecule has 1 aromatic carbocycles. The predicted octanol–water partition coefficient (Wildman–Crippen LogP) is 3.02. The van der Waals surface area contributed by atoms with Crippen molar-refractivity contribution in [3.63, 3.8) is 0 Å². The summed E-state index contributed by atoms with van der Waals surface area (Å²) in [5.74, 6) is -3.54. The molecule has 1 fully saturated rings. The van der Waals surface area contributed by atoms with Gasteiger partial charge in [-0.25, -0.2) is 8.78 Å². The molecule has 0 saturated carbocycles. The third kappa shape index (κ3) is 4.58. The molecule has 1 heterocycles. The largest absolute Gasteiger partial charge is 0.507 e. The first-order valence-electron chi connectivity index (χ1n) is 6.00. The van der Waals surface area contributed by atoms with Crippen LogP contribution in [0.3, 0.4) is 0 Å². The molecular weight excluding hydrogens is 354 g/mol. The van der Waals surface area contributed by atoms with Crippen LogP contribution in [0, 0.1) is 11.6 Å². The van der Waals surface area contributed by atoms with E-state index in [0.29, 0.717) is 25.2 Å². The van der Waals surface area contributed by atoms with Gasteiger partial charge in [-0.15, -0.1) is 24.8 Å². The second-order valence-electron chi connectivity index (χ2n) is 4.55. The van der Waals surface area contributed by atoms with E-state index in [4.69, 9.17) is 0 Å². The third-order valence-electron chi connectivity index (χ3n) is 3.17. The molecule has 1 aliphatic heterocycles. The Balaban J connectivity index is 0.00000220. The fraction of sp³-hybridized carbons (Fsp3) is 0.500. The van der Waals surface area contributed by atoms with Gasteiger partial charge in [0.25, 0.3) is 0 Å². The average molecular weight is 369 g/mol. The average Bonchev–Trinajstić information content (AvgIpc) is 2.33. The smallest absolute Gasteiger partial charge is 0.408 e. The first-order valence-corrected chi connectivity index (χ1v) is 6.00. The highest BCUT2D eigenvalue weighted by atomic mass is 35.5. The van der Waals surface area contributed by atoms with E-state index in [0.717, 1.165) is 4.90 Å². The monoisotopic (exact) mass is 368 g/mol. The van der Waals surface area contributed by atoms with Crippen LogP contribution in [-0.4, -0.2) is 42.4 Å². The summed E-state index contributed by atoms with van der Waals surface area (Å²) in [5.41, 5.74) is -0.930. The molecule has 0 unspecified atom stereocenters. The van der Waals surface area contributed by atoms with Crippen molar-refractivity contribution in [1.29, 1.82) is 0 Å². The van der Waals surface area contributed by atoms with Crippen molar-refractivity contribution in [3.8, 4) is 5.75 Å². The highest BCUT2D eigenvalue weighted by Gasteiger charge is 2.47. The Bertz CT molecular complexity index is 472. The normalized spacial score (nSPS) is 17.3. The third-order valence-corrected chi connectivity index (χ3v) is 3.17. The van der Waals surface area contributed by atoms with E-state index in [1.54, 1.807) is 0 Å². The Hall–Kier alpha value is -0.830. The van der Waals surface area contributed by atoms with Crippen molar-refractivity contribution in [1.82, 2.24) is 10.2 Å². The van der Waals surface area contributed by atoms with Gasteiger partial charge in [0.15, 0.2) is 0 Å². The van der Waals surface area contributed by atoms with Gasteiger partial charge in [0, 0.05) is 38.3 Å². The number of phenols is 1. The second kappa shape index (κ2) is 8.14. The second-order valence-corrected chi connectivity index (χ2v) is 4.55. The number of piperazine rings is 1. The number of hydrogen-bond acceptors (Lipinski definition) is 3. The maximum absolute atomic E-state index is 13.7. The standard InChI is InChI=1S/C12H13F5N2O.2ClH/c13-7-5-8(14)10(9(20)6-7)11(12(15,16)17)19-3-1-18-2-4-19;;/h5-6,11,18,20H,1-4H2;2*1H/t11-;;/m1../s1. The molecule has 3 nitrogen and oxygen atoms in total.